The highest BCUT2D eigenvalue weighted by Crippen LogP contribution is 2.28. The predicted octanol–water partition coefficient (Wildman–Crippen LogP) is 2.84. The van der Waals surface area contributed by atoms with Crippen molar-refractivity contribution < 1.29 is 19.1 Å². The lowest BCUT2D eigenvalue weighted by atomic mass is 10.2. The molecule has 0 bridgehead atoms. The zero-order chi connectivity index (χ0) is 18.9. The van der Waals surface area contributed by atoms with Crippen LogP contribution in [0.2, 0.25) is 0 Å². The number of carbonyl (C=O) groups excluding carboxylic acids is 2. The molecule has 1 aromatic carbocycles. The maximum Gasteiger partial charge on any atom is 0.339 e. The van der Waals surface area contributed by atoms with Crippen molar-refractivity contribution in [1.82, 2.24) is 4.98 Å². The second-order valence-electron chi connectivity index (χ2n) is 5.30. The maximum atomic E-state index is 12.0. The summed E-state index contributed by atoms with van der Waals surface area (Å²) in [5.41, 5.74) is 0.947. The van der Waals surface area contributed by atoms with Crippen molar-refractivity contribution in [3.05, 3.63) is 58.6 Å². The van der Waals surface area contributed by atoms with Crippen LogP contribution in [0, 0.1) is 4.91 Å². The first-order valence-corrected chi connectivity index (χ1v) is 7.95. The third-order valence-electron chi connectivity index (χ3n) is 3.51. The first kappa shape index (κ1) is 19.0. The molecule has 26 heavy (non-hydrogen) atoms. The van der Waals surface area contributed by atoms with Gasteiger partial charge in [0.2, 0.25) is 0 Å². The Morgan fingerprint density at radius 1 is 1.23 bits per heavy atom. The molecule has 0 saturated heterocycles. The summed E-state index contributed by atoms with van der Waals surface area (Å²) in [4.78, 5) is 40.6. The Kier molecular flexibility index (Phi) is 6.78. The van der Waals surface area contributed by atoms with Crippen molar-refractivity contribution in [3.63, 3.8) is 0 Å². The summed E-state index contributed by atoms with van der Waals surface area (Å²) < 4.78 is 9.61. The third-order valence-corrected chi connectivity index (χ3v) is 3.51. The first-order chi connectivity index (χ1) is 12.6. The van der Waals surface area contributed by atoms with Crippen LogP contribution in [-0.4, -0.2) is 37.2 Å². The molecule has 136 valence electrons. The minimum atomic E-state index is -0.631. The number of nitroso groups, excluding NO2 is 1. The fourth-order valence-corrected chi connectivity index (χ4v) is 2.36. The van der Waals surface area contributed by atoms with E-state index in [9.17, 15) is 14.5 Å². The van der Waals surface area contributed by atoms with Gasteiger partial charge in [-0.1, -0.05) is 30.3 Å². The summed E-state index contributed by atoms with van der Waals surface area (Å²) in [5, 5.41) is 2.95. The van der Waals surface area contributed by atoms with E-state index >= 15 is 0 Å². The van der Waals surface area contributed by atoms with E-state index in [-0.39, 0.29) is 30.2 Å². The number of benzene rings is 1. The molecule has 0 spiro atoms. The SMILES string of the molecule is CCOC(=O)CN(Cc1ccccc1)c1ncc(C(=O)OC)cc1N=O. The first-order valence-electron chi connectivity index (χ1n) is 7.95. The molecule has 2 aromatic rings. The number of aromatic nitrogens is 1. The smallest absolute Gasteiger partial charge is 0.339 e. The molecule has 0 amide bonds. The van der Waals surface area contributed by atoms with Crippen molar-refractivity contribution in [2.45, 2.75) is 13.5 Å². The predicted molar refractivity (Wildman–Crippen MR) is 95.2 cm³/mol. The van der Waals surface area contributed by atoms with Crippen LogP contribution < -0.4 is 4.90 Å². The highest BCUT2D eigenvalue weighted by Gasteiger charge is 2.20. The van der Waals surface area contributed by atoms with Gasteiger partial charge < -0.3 is 14.4 Å². The molecule has 0 radical (unpaired) electrons. The number of methoxy groups -OCH3 is 1. The van der Waals surface area contributed by atoms with Gasteiger partial charge in [0.05, 0.1) is 19.3 Å². The number of anilines is 1. The maximum absolute atomic E-state index is 12.0. The fraction of sp³-hybridized carbons (Fsp3) is 0.278. The average molecular weight is 357 g/mol. The summed E-state index contributed by atoms with van der Waals surface area (Å²) in [5.74, 6) is -0.905. The van der Waals surface area contributed by atoms with Crippen LogP contribution >= 0.6 is 0 Å². The van der Waals surface area contributed by atoms with Crippen molar-refractivity contribution in [2.75, 3.05) is 25.2 Å². The molecule has 8 nitrogen and oxygen atoms in total. The van der Waals surface area contributed by atoms with Gasteiger partial charge in [0.1, 0.15) is 6.54 Å². The number of rotatable bonds is 8. The lowest BCUT2D eigenvalue weighted by Gasteiger charge is -2.23. The Bertz CT molecular complexity index is 780. The van der Waals surface area contributed by atoms with Gasteiger partial charge in [-0.3, -0.25) is 4.79 Å². The van der Waals surface area contributed by atoms with Gasteiger partial charge in [-0.25, -0.2) is 9.78 Å². The van der Waals surface area contributed by atoms with E-state index in [1.807, 2.05) is 30.3 Å². The van der Waals surface area contributed by atoms with Gasteiger partial charge in [0, 0.05) is 12.7 Å². The van der Waals surface area contributed by atoms with Crippen molar-refractivity contribution in [3.8, 4) is 0 Å². The van der Waals surface area contributed by atoms with Crippen LogP contribution in [0.15, 0.2) is 47.8 Å². The van der Waals surface area contributed by atoms with Crippen molar-refractivity contribution in [2.24, 2.45) is 5.18 Å². The van der Waals surface area contributed by atoms with Crippen molar-refractivity contribution in [1.29, 1.82) is 0 Å². The molecule has 0 unspecified atom stereocenters. The van der Waals surface area contributed by atoms with Gasteiger partial charge in [-0.05, 0) is 23.7 Å². The van der Waals surface area contributed by atoms with E-state index in [2.05, 4.69) is 14.9 Å². The minimum Gasteiger partial charge on any atom is -0.465 e. The highest BCUT2D eigenvalue weighted by molar-refractivity contribution is 5.91. The van der Waals surface area contributed by atoms with Crippen LogP contribution in [0.25, 0.3) is 0 Å². The zero-order valence-corrected chi connectivity index (χ0v) is 14.5. The average Bonchev–Trinajstić information content (AvgIpc) is 2.67. The Labute approximate surface area is 150 Å². The Morgan fingerprint density at radius 3 is 2.58 bits per heavy atom. The molecule has 0 aliphatic rings. The van der Waals surface area contributed by atoms with E-state index in [1.54, 1.807) is 11.8 Å². The van der Waals surface area contributed by atoms with Crippen molar-refractivity contribution >= 4 is 23.4 Å². The molecule has 2 rings (SSSR count). The van der Waals surface area contributed by atoms with Gasteiger partial charge in [-0.15, -0.1) is 4.91 Å². The van der Waals surface area contributed by atoms with Gasteiger partial charge >= 0.3 is 11.9 Å². The van der Waals surface area contributed by atoms with E-state index < -0.39 is 11.9 Å². The van der Waals surface area contributed by atoms with Gasteiger partial charge in [-0.2, -0.15) is 0 Å². The van der Waals surface area contributed by atoms with Crippen LogP contribution in [0.4, 0.5) is 11.5 Å². The van der Waals surface area contributed by atoms with E-state index in [4.69, 9.17) is 4.74 Å². The van der Waals surface area contributed by atoms with Gasteiger partial charge in [0.15, 0.2) is 11.5 Å². The summed E-state index contributed by atoms with van der Waals surface area (Å²) >= 11 is 0. The number of esters is 2. The summed E-state index contributed by atoms with van der Waals surface area (Å²) in [6, 6.07) is 10.7. The number of carbonyl (C=O) groups is 2. The molecule has 0 saturated carbocycles. The number of hydrogen-bond donors (Lipinski definition) is 0. The minimum absolute atomic E-state index is 0.0619. The largest absolute Gasteiger partial charge is 0.465 e. The molecule has 0 N–H and O–H groups in total. The second-order valence-corrected chi connectivity index (χ2v) is 5.30. The molecule has 1 heterocycles. The summed E-state index contributed by atoms with van der Waals surface area (Å²) in [7, 11) is 1.23. The monoisotopic (exact) mass is 357 g/mol. The molecular formula is C18H19N3O5. The zero-order valence-electron chi connectivity index (χ0n) is 14.5. The molecule has 0 aliphatic carbocycles. The van der Waals surface area contributed by atoms with E-state index in [0.29, 0.717) is 6.54 Å². The lowest BCUT2D eigenvalue weighted by Crippen LogP contribution is -2.31. The molecular weight excluding hydrogens is 338 g/mol. The van der Waals surface area contributed by atoms with E-state index in [1.165, 1.54) is 19.4 Å². The number of pyridine rings is 1. The number of ether oxygens (including phenoxy) is 2. The van der Waals surface area contributed by atoms with E-state index in [0.717, 1.165) is 5.56 Å². The lowest BCUT2D eigenvalue weighted by molar-refractivity contribution is -0.141. The Balaban J connectivity index is 2.38. The topological polar surface area (TPSA) is 98.2 Å². The second kappa shape index (κ2) is 9.26. The standard InChI is InChI=1S/C18H19N3O5/c1-3-26-16(22)12-21(11-13-7-5-4-6-8-13)17-15(20-24)9-14(10-19-17)18(23)25-2/h4-10H,3,11-12H2,1-2H3. The normalized spacial score (nSPS) is 10.1. The quantitative estimate of drug-likeness (QED) is 0.529. The highest BCUT2D eigenvalue weighted by atomic mass is 16.5. The number of hydrogen-bond acceptors (Lipinski definition) is 8. The number of nitrogens with zero attached hydrogens (tertiary/aromatic N) is 3. The molecule has 1 aromatic heterocycles. The summed E-state index contributed by atoms with van der Waals surface area (Å²) in [6.45, 7) is 2.15. The van der Waals surface area contributed by atoms with Crippen LogP contribution in [0.5, 0.6) is 0 Å². The molecule has 0 aliphatic heterocycles. The molecule has 0 fully saturated rings. The third kappa shape index (κ3) is 4.85. The summed E-state index contributed by atoms with van der Waals surface area (Å²) in [6.07, 6.45) is 1.28. The molecule has 0 atom stereocenters. The van der Waals surface area contributed by atoms with Crippen LogP contribution in [0.1, 0.15) is 22.8 Å². The van der Waals surface area contributed by atoms with Gasteiger partial charge in [0.25, 0.3) is 0 Å². The Morgan fingerprint density at radius 2 is 1.96 bits per heavy atom. The van der Waals surface area contributed by atoms with Crippen LogP contribution in [-0.2, 0) is 20.8 Å². The van der Waals surface area contributed by atoms with Crippen LogP contribution in [0.3, 0.4) is 0 Å². The fourth-order valence-electron chi connectivity index (χ4n) is 2.36. The molecule has 8 heteroatoms. The Hall–Kier alpha value is -3.29.